The fraction of sp³-hybridized carbons (Fsp3) is 0.481. The summed E-state index contributed by atoms with van der Waals surface area (Å²) in [4.78, 5) is 28.2. The maximum atomic E-state index is 14.0. The first-order chi connectivity index (χ1) is 17.6. The lowest BCUT2D eigenvalue weighted by atomic mass is 10.0. The van der Waals surface area contributed by atoms with Gasteiger partial charge >= 0.3 is 0 Å². The highest BCUT2D eigenvalue weighted by Crippen LogP contribution is 2.35. The number of carbonyl (C=O) groups excluding carboxylic acids is 2. The molecule has 2 unspecified atom stereocenters. The second kappa shape index (κ2) is 9.91. The van der Waals surface area contributed by atoms with Crippen molar-refractivity contribution in [3.05, 3.63) is 71.8 Å². The highest BCUT2D eigenvalue weighted by atomic mass is 16.7. The molecule has 0 saturated carbocycles. The number of amides is 2. The molecule has 190 valence electrons. The van der Waals surface area contributed by atoms with Crippen LogP contribution < -0.4 is 10.6 Å². The van der Waals surface area contributed by atoms with Crippen LogP contribution in [0.2, 0.25) is 0 Å². The normalized spacial score (nSPS) is 35.0. The summed E-state index contributed by atoms with van der Waals surface area (Å²) in [5, 5.41) is 6.14. The lowest BCUT2D eigenvalue weighted by molar-refractivity contribution is -0.176. The van der Waals surface area contributed by atoms with Crippen LogP contribution >= 0.6 is 0 Å². The molecule has 9 heteroatoms. The van der Waals surface area contributed by atoms with Gasteiger partial charge in [0, 0.05) is 13.6 Å². The summed E-state index contributed by atoms with van der Waals surface area (Å²) in [7, 11) is 1.57. The number of hydrogen-bond donors (Lipinski definition) is 2. The monoisotopic (exact) mass is 493 g/mol. The van der Waals surface area contributed by atoms with E-state index in [1.54, 1.807) is 11.9 Å². The van der Waals surface area contributed by atoms with E-state index in [1.165, 1.54) is 5.56 Å². The molecule has 8 atom stereocenters. The predicted octanol–water partition coefficient (Wildman–Crippen LogP) is 0.621. The summed E-state index contributed by atoms with van der Waals surface area (Å²) in [5.74, 6) is -0.399. The van der Waals surface area contributed by atoms with Gasteiger partial charge in [0.05, 0.1) is 18.6 Å². The minimum atomic E-state index is -0.757. The van der Waals surface area contributed by atoms with Crippen molar-refractivity contribution in [1.82, 2.24) is 15.5 Å². The van der Waals surface area contributed by atoms with Crippen LogP contribution in [-0.4, -0.2) is 85.9 Å². The number of nitrogens with zero attached hydrogens (tertiary/aromatic N) is 1. The number of rotatable bonds is 6. The van der Waals surface area contributed by atoms with E-state index in [0.29, 0.717) is 13.0 Å². The van der Waals surface area contributed by atoms with E-state index in [1.807, 2.05) is 48.5 Å². The molecule has 4 bridgehead atoms. The van der Waals surface area contributed by atoms with Crippen LogP contribution in [0.3, 0.4) is 0 Å². The van der Waals surface area contributed by atoms with Crippen molar-refractivity contribution in [3.63, 3.8) is 0 Å². The van der Waals surface area contributed by atoms with Crippen LogP contribution in [0, 0.1) is 0 Å². The van der Waals surface area contributed by atoms with E-state index in [4.69, 9.17) is 18.9 Å². The zero-order valence-corrected chi connectivity index (χ0v) is 20.1. The highest BCUT2D eigenvalue weighted by Gasteiger charge is 2.55. The van der Waals surface area contributed by atoms with Crippen LogP contribution in [-0.2, 0) is 41.4 Å². The van der Waals surface area contributed by atoms with Gasteiger partial charge in [-0.2, -0.15) is 0 Å². The number of hydrogen-bond acceptors (Lipinski definition) is 7. The molecule has 6 rings (SSSR count). The fourth-order valence-electron chi connectivity index (χ4n) is 5.63. The van der Waals surface area contributed by atoms with Gasteiger partial charge in [-0.15, -0.1) is 0 Å². The van der Waals surface area contributed by atoms with Gasteiger partial charge in [0.1, 0.15) is 12.2 Å². The van der Waals surface area contributed by atoms with Crippen molar-refractivity contribution in [3.8, 4) is 0 Å². The highest BCUT2D eigenvalue weighted by molar-refractivity contribution is 5.84. The van der Waals surface area contributed by atoms with Gasteiger partial charge in [-0.25, -0.2) is 0 Å². The van der Waals surface area contributed by atoms with Crippen LogP contribution in [0.15, 0.2) is 60.7 Å². The molecule has 0 aromatic heterocycles. The van der Waals surface area contributed by atoms with Gasteiger partial charge in [-0.3, -0.25) is 9.59 Å². The average Bonchev–Trinajstić information content (AvgIpc) is 3.45. The number of morpholine rings is 2. The number of likely N-dealkylation sites (N-methyl/N-ethyl adjacent to an activating group) is 1. The van der Waals surface area contributed by atoms with Crippen molar-refractivity contribution in [2.75, 3.05) is 20.1 Å². The molecule has 4 aliphatic rings. The van der Waals surface area contributed by atoms with E-state index < -0.39 is 30.9 Å². The summed E-state index contributed by atoms with van der Waals surface area (Å²) in [6.07, 6.45) is -2.29. The Morgan fingerprint density at radius 2 is 1.50 bits per heavy atom. The molecule has 36 heavy (non-hydrogen) atoms. The minimum Gasteiger partial charge on any atom is -0.357 e. The number of fused-ring (bicyclic) bond motifs is 4. The molecule has 0 aliphatic carbocycles. The summed E-state index contributed by atoms with van der Waals surface area (Å²) in [6, 6.07) is 19.7. The lowest BCUT2D eigenvalue weighted by Crippen LogP contribution is -2.59. The lowest BCUT2D eigenvalue weighted by Gasteiger charge is -2.40. The van der Waals surface area contributed by atoms with E-state index in [-0.39, 0.29) is 36.5 Å². The number of carbonyl (C=O) groups is 2. The Hall–Kier alpha value is -2.82. The van der Waals surface area contributed by atoms with Crippen molar-refractivity contribution in [2.24, 2.45) is 0 Å². The molecule has 2 amide bonds. The Morgan fingerprint density at radius 3 is 2.19 bits per heavy atom. The van der Waals surface area contributed by atoms with Gasteiger partial charge in [0.2, 0.25) is 0 Å². The molecule has 4 fully saturated rings. The Balaban J connectivity index is 1.21. The van der Waals surface area contributed by atoms with Crippen LogP contribution in [0.5, 0.6) is 0 Å². The maximum absolute atomic E-state index is 14.0. The molecule has 4 heterocycles. The van der Waals surface area contributed by atoms with Crippen molar-refractivity contribution in [1.29, 1.82) is 0 Å². The molecule has 0 spiro atoms. The third-order valence-electron chi connectivity index (χ3n) is 7.47. The first-order valence-electron chi connectivity index (χ1n) is 12.6. The summed E-state index contributed by atoms with van der Waals surface area (Å²) < 4.78 is 24.5. The maximum Gasteiger partial charge on any atom is 0.255 e. The molecule has 2 aromatic carbocycles. The Labute approximate surface area is 210 Å². The fourth-order valence-corrected chi connectivity index (χ4v) is 5.63. The number of ether oxygens (including phenoxy) is 4. The molecule has 4 saturated heterocycles. The van der Waals surface area contributed by atoms with Crippen LogP contribution in [0.1, 0.15) is 11.1 Å². The molecular weight excluding hydrogens is 462 g/mol. The number of nitrogens with one attached hydrogen (secondary N) is 2. The van der Waals surface area contributed by atoms with Crippen molar-refractivity contribution < 1.29 is 28.5 Å². The summed E-state index contributed by atoms with van der Waals surface area (Å²) >= 11 is 0. The van der Waals surface area contributed by atoms with Crippen LogP contribution in [0.4, 0.5) is 0 Å². The van der Waals surface area contributed by atoms with Crippen molar-refractivity contribution in [2.45, 2.75) is 61.9 Å². The third kappa shape index (κ3) is 4.42. The van der Waals surface area contributed by atoms with E-state index in [2.05, 4.69) is 22.8 Å². The Bertz CT molecular complexity index is 1090. The smallest absolute Gasteiger partial charge is 0.255 e. The molecule has 4 aliphatic heterocycles. The third-order valence-corrected chi connectivity index (χ3v) is 7.47. The van der Waals surface area contributed by atoms with Gasteiger partial charge in [0.15, 0.2) is 24.8 Å². The number of benzene rings is 2. The quantitative estimate of drug-likeness (QED) is 0.609. The second-order valence-corrected chi connectivity index (χ2v) is 9.77. The van der Waals surface area contributed by atoms with E-state index in [9.17, 15) is 9.59 Å². The Kier molecular flexibility index (Phi) is 6.49. The molecule has 2 N–H and O–H groups in total. The van der Waals surface area contributed by atoms with Gasteiger partial charge in [0.25, 0.3) is 11.8 Å². The van der Waals surface area contributed by atoms with E-state index >= 15 is 0 Å². The predicted molar refractivity (Wildman–Crippen MR) is 129 cm³/mol. The van der Waals surface area contributed by atoms with Gasteiger partial charge in [-0.1, -0.05) is 60.7 Å². The van der Waals surface area contributed by atoms with Crippen LogP contribution in [0.25, 0.3) is 0 Å². The largest absolute Gasteiger partial charge is 0.357 e. The molecular formula is C27H31N3O6. The molecule has 0 radical (unpaired) electrons. The van der Waals surface area contributed by atoms with Crippen molar-refractivity contribution >= 4 is 11.8 Å². The summed E-state index contributed by atoms with van der Waals surface area (Å²) in [5.41, 5.74) is 2.24. The minimum absolute atomic E-state index is 0.0385. The van der Waals surface area contributed by atoms with E-state index in [0.717, 1.165) is 12.0 Å². The Morgan fingerprint density at radius 1 is 0.861 bits per heavy atom. The zero-order valence-electron chi connectivity index (χ0n) is 20.1. The van der Waals surface area contributed by atoms with Gasteiger partial charge in [-0.05, 0) is 24.0 Å². The summed E-state index contributed by atoms with van der Waals surface area (Å²) in [6.45, 7) is 0.783. The topological polar surface area (TPSA) is 98.4 Å². The SMILES string of the molecule is CNC(=O)[C@@H]1O[C@H]2O[C@@H]1CN(C(=O)[C@@H]1O[C@H]3O[C@@H]1CNC3Cc1ccccc1)C2Cc1ccccc1. The first-order valence-corrected chi connectivity index (χ1v) is 12.6. The molecule has 2 aromatic rings. The zero-order chi connectivity index (χ0) is 24.6. The second-order valence-electron chi connectivity index (χ2n) is 9.77. The van der Waals surface area contributed by atoms with Gasteiger partial charge < -0.3 is 34.5 Å². The first kappa shape index (κ1) is 23.6. The standard InChI is InChI=1S/C27H31N3O6/c1-28-24(31)22-21-15-30(19(27(34-21)35-22)13-17-10-6-3-7-11-17)25(32)23-20-14-29-18(26(33-20)36-23)12-16-8-4-2-5-9-16/h2-11,18-23,26-27,29H,12-15H2,1H3,(H,28,31)/t18?,19?,20-,21-,22-,23-,26-,27-/m1/s1. The average molecular weight is 494 g/mol. The molecule has 9 nitrogen and oxygen atoms in total.